The van der Waals surface area contributed by atoms with Crippen molar-refractivity contribution < 1.29 is 0 Å². The van der Waals surface area contributed by atoms with Crippen molar-refractivity contribution in [1.29, 1.82) is 0 Å². The summed E-state index contributed by atoms with van der Waals surface area (Å²) in [5, 5.41) is 16.2. The van der Waals surface area contributed by atoms with E-state index in [0.717, 1.165) is 22.7 Å². The largest absolute Gasteiger partial charge is 0.358 e. The SMILES string of the molecule is CCn1cc(CNC(=S)Nc2ccn(Cc3ccccc3Cl)n2)cn1. The third-order valence-corrected chi connectivity index (χ3v) is 4.25. The molecule has 0 radical (unpaired) electrons. The van der Waals surface area contributed by atoms with E-state index in [0.29, 0.717) is 24.0 Å². The number of rotatable bonds is 6. The molecule has 0 amide bonds. The molecule has 0 fully saturated rings. The molecular formula is C17H19ClN6S. The number of nitrogens with one attached hydrogen (secondary N) is 2. The van der Waals surface area contributed by atoms with Crippen LogP contribution in [0.25, 0.3) is 0 Å². The van der Waals surface area contributed by atoms with Gasteiger partial charge in [-0.1, -0.05) is 29.8 Å². The standard InChI is InChI=1S/C17H19ClN6S/c1-2-23-11-13(10-20-23)9-19-17(25)21-16-7-8-24(22-16)12-14-5-3-4-6-15(14)18/h3-8,10-11H,2,9,12H2,1H3,(H2,19,21,22,25). The lowest BCUT2D eigenvalue weighted by molar-refractivity contribution is 0.659. The van der Waals surface area contributed by atoms with E-state index < -0.39 is 0 Å². The zero-order valence-corrected chi connectivity index (χ0v) is 15.4. The number of nitrogens with zero attached hydrogens (tertiary/aromatic N) is 4. The number of aryl methyl sites for hydroxylation is 1. The molecule has 0 saturated carbocycles. The van der Waals surface area contributed by atoms with Crippen molar-refractivity contribution in [3.05, 3.63) is 65.1 Å². The molecule has 3 aromatic rings. The molecule has 0 spiro atoms. The molecule has 3 rings (SSSR count). The number of hydrogen-bond donors (Lipinski definition) is 2. The van der Waals surface area contributed by atoms with Gasteiger partial charge in [-0.15, -0.1) is 0 Å². The van der Waals surface area contributed by atoms with Gasteiger partial charge in [-0.2, -0.15) is 10.2 Å². The summed E-state index contributed by atoms with van der Waals surface area (Å²) in [7, 11) is 0. The van der Waals surface area contributed by atoms with Crippen LogP contribution in [0.4, 0.5) is 5.82 Å². The van der Waals surface area contributed by atoms with Crippen LogP contribution in [-0.4, -0.2) is 24.7 Å². The fraction of sp³-hybridized carbons (Fsp3) is 0.235. The van der Waals surface area contributed by atoms with Crippen LogP contribution in [0.2, 0.25) is 5.02 Å². The quantitative estimate of drug-likeness (QED) is 0.648. The molecule has 0 aliphatic rings. The highest BCUT2D eigenvalue weighted by Gasteiger charge is 2.05. The Morgan fingerprint density at radius 1 is 1.24 bits per heavy atom. The highest BCUT2D eigenvalue weighted by atomic mass is 35.5. The van der Waals surface area contributed by atoms with Crippen LogP contribution in [0.15, 0.2) is 48.9 Å². The predicted molar refractivity (Wildman–Crippen MR) is 104 cm³/mol. The molecule has 0 bridgehead atoms. The van der Waals surface area contributed by atoms with Gasteiger partial charge in [0.1, 0.15) is 0 Å². The van der Waals surface area contributed by atoms with E-state index in [2.05, 4.69) is 27.8 Å². The first-order valence-electron chi connectivity index (χ1n) is 7.97. The second-order valence-electron chi connectivity index (χ2n) is 5.50. The van der Waals surface area contributed by atoms with Gasteiger partial charge < -0.3 is 10.6 Å². The molecule has 0 atom stereocenters. The minimum atomic E-state index is 0.521. The molecule has 0 saturated heterocycles. The van der Waals surface area contributed by atoms with E-state index in [1.54, 1.807) is 0 Å². The van der Waals surface area contributed by atoms with Gasteiger partial charge in [-0.3, -0.25) is 9.36 Å². The maximum absolute atomic E-state index is 6.18. The van der Waals surface area contributed by atoms with Crippen molar-refractivity contribution in [3.8, 4) is 0 Å². The van der Waals surface area contributed by atoms with E-state index in [1.807, 2.05) is 58.3 Å². The molecule has 0 aliphatic heterocycles. The number of halogens is 1. The van der Waals surface area contributed by atoms with Gasteiger partial charge in [0, 0.05) is 42.1 Å². The molecule has 2 heterocycles. The van der Waals surface area contributed by atoms with Crippen LogP contribution >= 0.6 is 23.8 Å². The van der Waals surface area contributed by atoms with Gasteiger partial charge in [0.2, 0.25) is 0 Å². The fourth-order valence-corrected chi connectivity index (χ4v) is 2.70. The van der Waals surface area contributed by atoms with E-state index in [-0.39, 0.29) is 0 Å². The molecule has 0 unspecified atom stereocenters. The van der Waals surface area contributed by atoms with Crippen molar-refractivity contribution in [2.24, 2.45) is 0 Å². The normalized spacial score (nSPS) is 10.6. The van der Waals surface area contributed by atoms with E-state index in [1.165, 1.54) is 0 Å². The number of thiocarbonyl (C=S) groups is 1. The van der Waals surface area contributed by atoms with Crippen molar-refractivity contribution in [1.82, 2.24) is 24.9 Å². The zero-order chi connectivity index (χ0) is 17.6. The molecule has 130 valence electrons. The Balaban J connectivity index is 1.52. The summed E-state index contributed by atoms with van der Waals surface area (Å²) < 4.78 is 3.70. The van der Waals surface area contributed by atoms with Crippen molar-refractivity contribution in [2.45, 2.75) is 26.6 Å². The maximum Gasteiger partial charge on any atom is 0.172 e. The second kappa shape index (κ2) is 8.13. The molecule has 8 heteroatoms. The van der Waals surface area contributed by atoms with Crippen LogP contribution in [-0.2, 0) is 19.6 Å². The lowest BCUT2D eigenvalue weighted by Gasteiger charge is -2.07. The smallest absolute Gasteiger partial charge is 0.172 e. The third kappa shape index (κ3) is 4.80. The van der Waals surface area contributed by atoms with E-state index in [4.69, 9.17) is 23.8 Å². The Kier molecular flexibility index (Phi) is 5.67. The van der Waals surface area contributed by atoms with E-state index >= 15 is 0 Å². The summed E-state index contributed by atoms with van der Waals surface area (Å²) in [5.74, 6) is 0.689. The van der Waals surface area contributed by atoms with E-state index in [9.17, 15) is 0 Å². The summed E-state index contributed by atoms with van der Waals surface area (Å²) in [6.45, 7) is 4.13. The number of anilines is 1. The first-order chi connectivity index (χ1) is 12.1. The Labute approximate surface area is 156 Å². The molecule has 6 nitrogen and oxygen atoms in total. The Hall–Kier alpha value is -2.38. The Morgan fingerprint density at radius 2 is 2.08 bits per heavy atom. The maximum atomic E-state index is 6.18. The zero-order valence-electron chi connectivity index (χ0n) is 13.8. The third-order valence-electron chi connectivity index (χ3n) is 3.64. The number of aromatic nitrogens is 4. The van der Waals surface area contributed by atoms with Crippen molar-refractivity contribution >= 4 is 34.7 Å². The lowest BCUT2D eigenvalue weighted by Crippen LogP contribution is -2.28. The van der Waals surface area contributed by atoms with Crippen LogP contribution in [0.3, 0.4) is 0 Å². The van der Waals surface area contributed by atoms with Crippen molar-refractivity contribution in [3.63, 3.8) is 0 Å². The molecule has 2 aromatic heterocycles. The Bertz CT molecular complexity index is 856. The first-order valence-corrected chi connectivity index (χ1v) is 8.75. The second-order valence-corrected chi connectivity index (χ2v) is 6.32. The topological polar surface area (TPSA) is 59.7 Å². The monoisotopic (exact) mass is 374 g/mol. The van der Waals surface area contributed by atoms with Gasteiger partial charge in [0.25, 0.3) is 0 Å². The molecule has 1 aromatic carbocycles. The Morgan fingerprint density at radius 3 is 2.84 bits per heavy atom. The van der Waals surface area contributed by atoms with Gasteiger partial charge in [0.05, 0.1) is 12.7 Å². The average Bonchev–Trinajstić information content (AvgIpc) is 3.24. The van der Waals surface area contributed by atoms with Crippen LogP contribution in [0.5, 0.6) is 0 Å². The van der Waals surface area contributed by atoms with Gasteiger partial charge in [0.15, 0.2) is 10.9 Å². The van der Waals surface area contributed by atoms with Crippen LogP contribution in [0.1, 0.15) is 18.1 Å². The highest BCUT2D eigenvalue weighted by molar-refractivity contribution is 7.80. The summed E-state index contributed by atoms with van der Waals surface area (Å²) in [6.07, 6.45) is 5.71. The van der Waals surface area contributed by atoms with Gasteiger partial charge >= 0.3 is 0 Å². The van der Waals surface area contributed by atoms with Crippen LogP contribution < -0.4 is 10.6 Å². The summed E-state index contributed by atoms with van der Waals surface area (Å²) >= 11 is 11.5. The van der Waals surface area contributed by atoms with Gasteiger partial charge in [-0.25, -0.2) is 0 Å². The number of benzene rings is 1. The number of hydrogen-bond acceptors (Lipinski definition) is 3. The summed E-state index contributed by atoms with van der Waals surface area (Å²) in [4.78, 5) is 0. The predicted octanol–water partition coefficient (Wildman–Crippen LogP) is 3.29. The van der Waals surface area contributed by atoms with Gasteiger partial charge in [-0.05, 0) is 30.8 Å². The average molecular weight is 375 g/mol. The first kappa shape index (κ1) is 17.4. The lowest BCUT2D eigenvalue weighted by atomic mass is 10.2. The minimum Gasteiger partial charge on any atom is -0.358 e. The van der Waals surface area contributed by atoms with Crippen molar-refractivity contribution in [2.75, 3.05) is 5.32 Å². The minimum absolute atomic E-state index is 0.521. The molecular weight excluding hydrogens is 356 g/mol. The molecule has 2 N–H and O–H groups in total. The fourth-order valence-electron chi connectivity index (χ4n) is 2.33. The molecule has 0 aliphatic carbocycles. The summed E-state index contributed by atoms with van der Waals surface area (Å²) in [6, 6.07) is 9.61. The molecule has 25 heavy (non-hydrogen) atoms. The summed E-state index contributed by atoms with van der Waals surface area (Å²) in [5.41, 5.74) is 2.10. The highest BCUT2D eigenvalue weighted by Crippen LogP contribution is 2.16. The van der Waals surface area contributed by atoms with Crippen LogP contribution in [0, 0.1) is 0 Å².